The number of hydrogen-bond donors (Lipinski definition) is 2. The summed E-state index contributed by atoms with van der Waals surface area (Å²) < 4.78 is 0. The quantitative estimate of drug-likeness (QED) is 0.257. The van der Waals surface area contributed by atoms with Gasteiger partial charge in [-0.3, -0.25) is 0 Å². The van der Waals surface area contributed by atoms with Crippen molar-refractivity contribution in [2.24, 2.45) is 10.8 Å². The van der Waals surface area contributed by atoms with Crippen LogP contribution in [0.25, 0.3) is 0 Å². The van der Waals surface area contributed by atoms with Crippen molar-refractivity contribution in [3.8, 4) is 0 Å². The first-order chi connectivity index (χ1) is 19.6. The Morgan fingerprint density at radius 3 is 1.60 bits per heavy atom. The average molecular weight is 569 g/mol. The zero-order chi connectivity index (χ0) is 31.5. The van der Waals surface area contributed by atoms with Gasteiger partial charge in [-0.15, -0.1) is 0 Å². The molecule has 2 heteroatoms. The van der Waals surface area contributed by atoms with E-state index in [9.17, 15) is 10.2 Å². The van der Waals surface area contributed by atoms with Crippen molar-refractivity contribution >= 4 is 0 Å². The van der Waals surface area contributed by atoms with Crippen molar-refractivity contribution in [1.29, 1.82) is 0 Å². The van der Waals surface area contributed by atoms with Crippen molar-refractivity contribution in [3.63, 3.8) is 0 Å². The number of allylic oxidation sites excluding steroid dienone is 20. The second-order valence-corrected chi connectivity index (χ2v) is 13.5. The summed E-state index contributed by atoms with van der Waals surface area (Å²) in [4.78, 5) is 0. The molecule has 0 bridgehead atoms. The fourth-order valence-electron chi connectivity index (χ4n) is 5.89. The van der Waals surface area contributed by atoms with Gasteiger partial charge in [-0.25, -0.2) is 0 Å². The molecule has 2 nitrogen and oxygen atoms in total. The summed E-state index contributed by atoms with van der Waals surface area (Å²) in [7, 11) is 0. The molecule has 0 aliphatic heterocycles. The minimum Gasteiger partial charge on any atom is -0.393 e. The van der Waals surface area contributed by atoms with Gasteiger partial charge < -0.3 is 10.2 Å². The van der Waals surface area contributed by atoms with Gasteiger partial charge in [0, 0.05) is 5.41 Å². The molecule has 0 radical (unpaired) electrons. The van der Waals surface area contributed by atoms with Crippen LogP contribution >= 0.6 is 0 Å². The van der Waals surface area contributed by atoms with E-state index in [1.54, 1.807) is 0 Å². The van der Waals surface area contributed by atoms with E-state index < -0.39 is 0 Å². The molecule has 2 unspecified atom stereocenters. The van der Waals surface area contributed by atoms with Crippen LogP contribution in [0.5, 0.6) is 0 Å². The van der Waals surface area contributed by atoms with E-state index in [4.69, 9.17) is 0 Å². The van der Waals surface area contributed by atoms with E-state index in [1.165, 1.54) is 44.6 Å². The smallest absolute Gasteiger partial charge is 0.0634 e. The molecule has 2 atom stereocenters. The summed E-state index contributed by atoms with van der Waals surface area (Å²) in [6.07, 6.45) is 32.7. The van der Waals surface area contributed by atoms with Gasteiger partial charge in [0.1, 0.15) is 0 Å². The Morgan fingerprint density at radius 1 is 0.643 bits per heavy atom. The summed E-state index contributed by atoms with van der Waals surface area (Å²) in [6, 6.07) is 0. The Bertz CT molecular complexity index is 1290. The lowest BCUT2D eigenvalue weighted by atomic mass is 9.70. The molecule has 0 spiro atoms. The highest BCUT2D eigenvalue weighted by molar-refractivity contribution is 5.39. The molecule has 0 aromatic rings. The van der Waals surface area contributed by atoms with Crippen LogP contribution in [0.2, 0.25) is 0 Å². The van der Waals surface area contributed by atoms with Crippen molar-refractivity contribution in [3.05, 3.63) is 130 Å². The van der Waals surface area contributed by atoms with Crippen LogP contribution in [0.1, 0.15) is 94.9 Å². The number of aliphatic hydroxyl groups is 2. The van der Waals surface area contributed by atoms with Crippen LogP contribution in [-0.2, 0) is 0 Å². The van der Waals surface area contributed by atoms with E-state index in [-0.39, 0.29) is 23.0 Å². The SMILES string of the molecule is CC(C=CC1=C(C)CC(O)CC1(C)C)=CC=CC(C)=C/C=C/C=C(C)/C=C/C=C(C)/C=C/C1=C(C)CCC(O)C1(C)C. The largest absolute Gasteiger partial charge is 0.393 e. The highest BCUT2D eigenvalue weighted by Crippen LogP contribution is 2.42. The van der Waals surface area contributed by atoms with Crippen LogP contribution < -0.4 is 0 Å². The fourth-order valence-corrected chi connectivity index (χ4v) is 5.89. The highest BCUT2D eigenvalue weighted by Gasteiger charge is 2.35. The number of rotatable bonds is 10. The van der Waals surface area contributed by atoms with Gasteiger partial charge in [0.25, 0.3) is 0 Å². The third-order valence-corrected chi connectivity index (χ3v) is 8.55. The Kier molecular flexibility index (Phi) is 13.5. The van der Waals surface area contributed by atoms with Gasteiger partial charge in [0.2, 0.25) is 0 Å². The maximum Gasteiger partial charge on any atom is 0.0634 e. The molecule has 0 aromatic heterocycles. The summed E-state index contributed by atoms with van der Waals surface area (Å²) in [5.41, 5.74) is 9.83. The lowest BCUT2D eigenvalue weighted by Crippen LogP contribution is -2.34. The summed E-state index contributed by atoms with van der Waals surface area (Å²) in [6.45, 7) is 21.5. The molecule has 42 heavy (non-hydrogen) atoms. The summed E-state index contributed by atoms with van der Waals surface area (Å²) in [5.74, 6) is 0. The number of hydrogen-bond acceptors (Lipinski definition) is 2. The van der Waals surface area contributed by atoms with Crippen LogP contribution in [0.15, 0.2) is 130 Å². The predicted octanol–water partition coefficient (Wildman–Crippen LogP) is 10.5. The monoisotopic (exact) mass is 568 g/mol. The molecule has 228 valence electrons. The lowest BCUT2D eigenvalue weighted by Gasteiger charge is -2.37. The first kappa shape index (κ1) is 35.3. The molecule has 0 heterocycles. The van der Waals surface area contributed by atoms with E-state index in [0.717, 1.165) is 25.7 Å². The molecular weight excluding hydrogens is 512 g/mol. The Hall–Kier alpha value is -2.94. The van der Waals surface area contributed by atoms with Crippen LogP contribution in [0.4, 0.5) is 0 Å². The third-order valence-electron chi connectivity index (χ3n) is 8.55. The molecule has 0 aromatic carbocycles. The molecule has 0 saturated carbocycles. The molecule has 0 saturated heterocycles. The summed E-state index contributed by atoms with van der Waals surface area (Å²) in [5, 5.41) is 20.5. The molecule has 2 N–H and O–H groups in total. The maximum atomic E-state index is 10.4. The van der Waals surface area contributed by atoms with Gasteiger partial charge in [-0.2, -0.15) is 0 Å². The Balaban J connectivity index is 1.91. The molecule has 0 fully saturated rings. The fraction of sp³-hybridized carbons (Fsp3) is 0.450. The summed E-state index contributed by atoms with van der Waals surface area (Å²) >= 11 is 0. The van der Waals surface area contributed by atoms with Gasteiger partial charge in [-0.05, 0) is 83.8 Å². The molecule has 2 rings (SSSR count). The number of aliphatic hydroxyl groups excluding tert-OH is 2. The topological polar surface area (TPSA) is 40.5 Å². The maximum absolute atomic E-state index is 10.4. The van der Waals surface area contributed by atoms with E-state index >= 15 is 0 Å². The molecule has 0 amide bonds. The van der Waals surface area contributed by atoms with Gasteiger partial charge >= 0.3 is 0 Å². The van der Waals surface area contributed by atoms with Crippen molar-refractivity contribution in [1.82, 2.24) is 0 Å². The predicted molar refractivity (Wildman–Crippen MR) is 184 cm³/mol. The van der Waals surface area contributed by atoms with Crippen LogP contribution in [0, 0.1) is 10.8 Å². The molecular formula is C40H56O2. The van der Waals surface area contributed by atoms with E-state index in [0.29, 0.717) is 0 Å². The lowest BCUT2D eigenvalue weighted by molar-refractivity contribution is 0.0607. The molecule has 2 aliphatic rings. The Morgan fingerprint density at radius 2 is 1.10 bits per heavy atom. The molecule has 2 aliphatic carbocycles. The minimum absolute atomic E-state index is 0.00484. The highest BCUT2D eigenvalue weighted by atomic mass is 16.3. The van der Waals surface area contributed by atoms with Crippen molar-refractivity contribution in [2.75, 3.05) is 0 Å². The Labute approximate surface area is 257 Å². The second kappa shape index (κ2) is 16.1. The van der Waals surface area contributed by atoms with E-state index in [1.807, 2.05) is 0 Å². The van der Waals surface area contributed by atoms with Gasteiger partial charge in [0.15, 0.2) is 0 Å². The zero-order valence-corrected chi connectivity index (χ0v) is 28.0. The first-order valence-corrected chi connectivity index (χ1v) is 15.5. The van der Waals surface area contributed by atoms with E-state index in [2.05, 4.69) is 154 Å². The van der Waals surface area contributed by atoms with Crippen molar-refractivity contribution in [2.45, 2.75) is 107 Å². The normalized spacial score (nSPS) is 25.0. The minimum atomic E-state index is -0.284. The van der Waals surface area contributed by atoms with Crippen LogP contribution in [-0.4, -0.2) is 22.4 Å². The zero-order valence-electron chi connectivity index (χ0n) is 28.0. The van der Waals surface area contributed by atoms with Gasteiger partial charge in [-0.1, -0.05) is 146 Å². The standard InChI is InChI=1S/C40H56O2/c1-29(17-13-19-31(3)21-24-36-34(6)27-35(41)28-39(36,7)8)15-11-12-16-30(2)18-14-20-32(4)22-25-37-33(5)23-26-38(42)40(37,9)10/h11-22,24-25,35,38,41-42H,23,26-28H2,1-10H3/b12-11+,17-13?,18-14+,24-21?,25-22+,29-15?,30-16+,31-19?,32-20+. The first-order valence-electron chi connectivity index (χ1n) is 15.5. The third kappa shape index (κ3) is 11.0. The van der Waals surface area contributed by atoms with Crippen LogP contribution in [0.3, 0.4) is 0 Å². The van der Waals surface area contributed by atoms with Gasteiger partial charge in [0.05, 0.1) is 12.2 Å². The average Bonchev–Trinajstić information content (AvgIpc) is 2.87. The van der Waals surface area contributed by atoms with Crippen molar-refractivity contribution < 1.29 is 10.2 Å². The second-order valence-electron chi connectivity index (χ2n) is 13.5.